The summed E-state index contributed by atoms with van der Waals surface area (Å²) in [4.78, 5) is 17.6. The van der Waals surface area contributed by atoms with Crippen LogP contribution in [0.1, 0.15) is 22.3 Å². The predicted octanol–water partition coefficient (Wildman–Crippen LogP) is 6.55. The molecule has 0 radical (unpaired) electrons. The summed E-state index contributed by atoms with van der Waals surface area (Å²) in [6.45, 7) is 4.80. The fourth-order valence-corrected chi connectivity index (χ4v) is 5.36. The third kappa shape index (κ3) is 4.91. The van der Waals surface area contributed by atoms with E-state index in [0.29, 0.717) is 11.6 Å². The number of hydrogen-bond acceptors (Lipinski definition) is 5. The quantitative estimate of drug-likeness (QED) is 0.357. The molecule has 166 valence electrons. The number of halogens is 1. The Balaban J connectivity index is 1.55. The summed E-state index contributed by atoms with van der Waals surface area (Å²) in [5, 5.41) is 1.74. The molecule has 5 rings (SSSR count). The first-order valence-electron chi connectivity index (χ1n) is 10.9. The van der Waals surface area contributed by atoms with Gasteiger partial charge in [-0.05, 0) is 55.7 Å². The number of benzene rings is 3. The van der Waals surface area contributed by atoms with Crippen molar-refractivity contribution < 1.29 is 4.84 Å². The molecular formula is C27H24ClN3OS. The minimum atomic E-state index is 0.0265. The molecule has 4 nitrogen and oxygen atoms in total. The van der Waals surface area contributed by atoms with Crippen LogP contribution in [0, 0.1) is 13.8 Å². The van der Waals surface area contributed by atoms with Crippen LogP contribution in [0.4, 0.5) is 0 Å². The van der Waals surface area contributed by atoms with Crippen molar-refractivity contribution in [2.45, 2.75) is 36.1 Å². The third-order valence-corrected chi connectivity index (χ3v) is 6.97. The van der Waals surface area contributed by atoms with Gasteiger partial charge in [0.25, 0.3) is 0 Å². The number of fused-ring (bicyclic) bond motifs is 1. The molecule has 0 saturated heterocycles. The zero-order chi connectivity index (χ0) is 22.8. The molecule has 1 aromatic heterocycles. The van der Waals surface area contributed by atoms with Gasteiger partial charge in [0.2, 0.25) is 0 Å². The highest BCUT2D eigenvalue weighted by molar-refractivity contribution is 7.99. The molecule has 1 aliphatic rings. The first-order valence-corrected chi connectivity index (χ1v) is 12.1. The van der Waals surface area contributed by atoms with Crippen LogP contribution >= 0.6 is 23.4 Å². The molecule has 33 heavy (non-hydrogen) atoms. The first kappa shape index (κ1) is 22.0. The molecular weight excluding hydrogens is 450 g/mol. The lowest BCUT2D eigenvalue weighted by atomic mass is 9.99. The molecule has 0 bridgehead atoms. The van der Waals surface area contributed by atoms with E-state index in [2.05, 4.69) is 48.6 Å². The van der Waals surface area contributed by atoms with Crippen LogP contribution in [-0.2, 0) is 11.3 Å². The van der Waals surface area contributed by atoms with Crippen LogP contribution < -0.4 is 5.48 Å². The van der Waals surface area contributed by atoms with Crippen LogP contribution in [0.25, 0.3) is 10.9 Å². The molecule has 4 aromatic rings. The van der Waals surface area contributed by atoms with Gasteiger partial charge in [-0.25, -0.2) is 5.48 Å². The number of rotatable bonds is 5. The summed E-state index contributed by atoms with van der Waals surface area (Å²) < 4.78 is 0. The summed E-state index contributed by atoms with van der Waals surface area (Å²) in [7, 11) is 0. The van der Waals surface area contributed by atoms with Gasteiger partial charge in [0.05, 0.1) is 18.2 Å². The first-order chi connectivity index (χ1) is 16.1. The van der Waals surface area contributed by atoms with Crippen molar-refractivity contribution in [1.82, 2.24) is 10.5 Å². The van der Waals surface area contributed by atoms with E-state index < -0.39 is 0 Å². The molecule has 1 aliphatic heterocycles. The number of nitrogens with one attached hydrogen (secondary N) is 1. The van der Waals surface area contributed by atoms with Gasteiger partial charge in [0.1, 0.15) is 0 Å². The zero-order valence-corrected chi connectivity index (χ0v) is 20.1. The van der Waals surface area contributed by atoms with E-state index in [-0.39, 0.29) is 6.04 Å². The summed E-state index contributed by atoms with van der Waals surface area (Å²) >= 11 is 7.85. The normalized spacial score (nSPS) is 15.8. The van der Waals surface area contributed by atoms with Gasteiger partial charge in [0, 0.05) is 32.0 Å². The number of amidine groups is 1. The minimum Gasteiger partial charge on any atom is -0.272 e. The molecule has 0 amide bonds. The van der Waals surface area contributed by atoms with Crippen molar-refractivity contribution in [2.75, 3.05) is 6.61 Å². The molecule has 0 unspecified atom stereocenters. The highest BCUT2D eigenvalue weighted by Gasteiger charge is 2.22. The molecule has 0 aliphatic carbocycles. The van der Waals surface area contributed by atoms with E-state index in [4.69, 9.17) is 21.4 Å². The van der Waals surface area contributed by atoms with Gasteiger partial charge >= 0.3 is 0 Å². The monoisotopic (exact) mass is 473 g/mol. The second-order valence-corrected chi connectivity index (χ2v) is 9.80. The van der Waals surface area contributed by atoms with Crippen molar-refractivity contribution in [3.8, 4) is 0 Å². The van der Waals surface area contributed by atoms with Crippen LogP contribution in [0.15, 0.2) is 87.7 Å². The van der Waals surface area contributed by atoms with E-state index in [1.165, 1.54) is 16.7 Å². The lowest BCUT2D eigenvalue weighted by molar-refractivity contribution is 0.0623. The van der Waals surface area contributed by atoms with E-state index in [9.17, 15) is 0 Å². The van der Waals surface area contributed by atoms with Crippen LogP contribution in [0.3, 0.4) is 0 Å². The average molecular weight is 474 g/mol. The van der Waals surface area contributed by atoms with Crippen molar-refractivity contribution in [3.63, 3.8) is 0 Å². The van der Waals surface area contributed by atoms with Gasteiger partial charge in [-0.3, -0.25) is 14.8 Å². The summed E-state index contributed by atoms with van der Waals surface area (Å²) in [5.41, 5.74) is 8.86. The van der Waals surface area contributed by atoms with E-state index >= 15 is 0 Å². The molecule has 1 atom stereocenters. The molecule has 3 aromatic carbocycles. The predicted molar refractivity (Wildman–Crippen MR) is 136 cm³/mol. The van der Waals surface area contributed by atoms with Gasteiger partial charge < -0.3 is 0 Å². The maximum Gasteiger partial charge on any atom is 0.154 e. The van der Waals surface area contributed by atoms with Crippen molar-refractivity contribution >= 4 is 40.1 Å². The molecule has 1 N–H and O–H groups in total. The van der Waals surface area contributed by atoms with Gasteiger partial charge in [-0.1, -0.05) is 71.4 Å². The Bertz CT molecular complexity index is 1350. The Kier molecular flexibility index (Phi) is 6.36. The fourth-order valence-electron chi connectivity index (χ4n) is 4.10. The zero-order valence-electron chi connectivity index (χ0n) is 18.5. The molecule has 0 spiro atoms. The van der Waals surface area contributed by atoms with E-state index in [0.717, 1.165) is 38.5 Å². The number of pyridine rings is 1. The Hall–Kier alpha value is -2.86. The Morgan fingerprint density at radius 1 is 1.06 bits per heavy atom. The van der Waals surface area contributed by atoms with Crippen molar-refractivity contribution in [1.29, 1.82) is 0 Å². The number of nitrogens with zero attached hydrogens (tertiary/aromatic N) is 2. The second kappa shape index (κ2) is 9.56. The standard InChI is InChI=1S/C27H24ClN3OS/c1-17-10-11-19(18(2)12-17)13-21-16-32-31-27(30-21)26-23-8-3-4-9-24(23)29-15-25(26)33-22-7-5-6-20(28)14-22/h3-12,14-15,21H,13,16H2,1-2H3,(H,30,31)/t21-/m0/s1. The summed E-state index contributed by atoms with van der Waals surface area (Å²) in [6.07, 6.45) is 2.73. The number of para-hydroxylation sites is 1. The summed E-state index contributed by atoms with van der Waals surface area (Å²) in [6, 6.07) is 22.6. The third-order valence-electron chi connectivity index (χ3n) is 5.71. The van der Waals surface area contributed by atoms with Crippen LogP contribution in [0.2, 0.25) is 5.02 Å². The fraction of sp³-hybridized carbons (Fsp3) is 0.185. The lowest BCUT2D eigenvalue weighted by Gasteiger charge is -2.24. The summed E-state index contributed by atoms with van der Waals surface area (Å²) in [5.74, 6) is 0.735. The second-order valence-electron chi connectivity index (χ2n) is 8.25. The van der Waals surface area contributed by atoms with E-state index in [1.807, 2.05) is 48.7 Å². The van der Waals surface area contributed by atoms with Crippen LogP contribution in [-0.4, -0.2) is 23.5 Å². The highest BCUT2D eigenvalue weighted by atomic mass is 35.5. The van der Waals surface area contributed by atoms with Crippen molar-refractivity contribution in [2.24, 2.45) is 4.99 Å². The SMILES string of the molecule is Cc1ccc(C[C@H]2CONC(c3c(Sc4cccc(Cl)c4)cnc4ccccc34)=N2)c(C)c1. The van der Waals surface area contributed by atoms with E-state index in [1.54, 1.807) is 11.8 Å². The van der Waals surface area contributed by atoms with Gasteiger partial charge in [0.15, 0.2) is 5.84 Å². The Morgan fingerprint density at radius 3 is 2.79 bits per heavy atom. The lowest BCUT2D eigenvalue weighted by Crippen LogP contribution is -2.37. The smallest absolute Gasteiger partial charge is 0.154 e. The maximum atomic E-state index is 6.23. The molecule has 0 saturated carbocycles. The number of aryl methyl sites for hydroxylation is 2. The minimum absolute atomic E-state index is 0.0265. The highest BCUT2D eigenvalue weighted by Crippen LogP contribution is 2.35. The number of hydroxylamine groups is 1. The molecule has 2 heterocycles. The Labute approximate surface area is 203 Å². The molecule has 0 fully saturated rings. The number of aromatic nitrogens is 1. The average Bonchev–Trinajstić information content (AvgIpc) is 2.81. The molecule has 6 heteroatoms. The largest absolute Gasteiger partial charge is 0.272 e. The topological polar surface area (TPSA) is 46.5 Å². The number of aliphatic imine (C=N–C) groups is 1. The maximum absolute atomic E-state index is 6.23. The van der Waals surface area contributed by atoms with Gasteiger partial charge in [-0.15, -0.1) is 0 Å². The van der Waals surface area contributed by atoms with Gasteiger partial charge in [-0.2, -0.15) is 0 Å². The Morgan fingerprint density at radius 2 is 1.94 bits per heavy atom. The van der Waals surface area contributed by atoms with Crippen molar-refractivity contribution in [3.05, 3.63) is 100 Å². The number of hydrogen-bond donors (Lipinski definition) is 1. The van der Waals surface area contributed by atoms with Crippen LogP contribution in [0.5, 0.6) is 0 Å².